The first-order chi connectivity index (χ1) is 11.7. The molecule has 1 aliphatic rings. The number of benzene rings is 1. The molecule has 2 unspecified atom stereocenters. The van der Waals surface area contributed by atoms with Crippen LogP contribution in [-0.2, 0) is 23.4 Å². The molecule has 6 nitrogen and oxygen atoms in total. The van der Waals surface area contributed by atoms with Gasteiger partial charge >= 0.3 is 5.51 Å². The molecule has 0 aliphatic carbocycles. The van der Waals surface area contributed by atoms with Crippen LogP contribution in [0.5, 0.6) is 5.75 Å². The quantitative estimate of drug-likeness (QED) is 0.723. The molecule has 25 heavy (non-hydrogen) atoms. The van der Waals surface area contributed by atoms with Crippen molar-refractivity contribution >= 4 is 9.84 Å². The van der Waals surface area contributed by atoms with Crippen molar-refractivity contribution in [2.24, 2.45) is 7.05 Å². The largest absolute Gasteiger partial charge is 0.502 e. The topological polar surface area (TPSA) is 64.2 Å². The Morgan fingerprint density at radius 2 is 2.04 bits per heavy atom. The number of sulfone groups is 1. The highest BCUT2D eigenvalue weighted by Crippen LogP contribution is 2.35. The predicted octanol–water partition coefficient (Wildman–Crippen LogP) is 1.98. The van der Waals surface area contributed by atoms with Crippen LogP contribution >= 0.6 is 0 Å². The average molecular weight is 375 g/mol. The standard InChI is InChI=1S/C15H16F3N3O3S/c1-20-7-11(6-19-20)8-21-9-12(21)10-24-13-4-2-3-5-14(13)25(22,23)15(16,17)18/h2-7,12H,8-10H2,1H3. The second-order valence-electron chi connectivity index (χ2n) is 5.81. The molecule has 3 rings (SSSR count). The average Bonchev–Trinajstić information content (AvgIpc) is 3.14. The van der Waals surface area contributed by atoms with E-state index in [2.05, 4.69) is 10.00 Å². The fraction of sp³-hybridized carbons (Fsp3) is 0.400. The third kappa shape index (κ3) is 3.79. The minimum Gasteiger partial charge on any atom is -0.491 e. The van der Waals surface area contributed by atoms with Gasteiger partial charge in [0.15, 0.2) is 0 Å². The first-order valence-corrected chi connectivity index (χ1v) is 8.91. The van der Waals surface area contributed by atoms with E-state index in [-0.39, 0.29) is 18.4 Å². The Hall–Kier alpha value is -2.07. The molecular formula is C15H16F3N3O3S. The molecule has 0 amide bonds. The fourth-order valence-electron chi connectivity index (χ4n) is 2.47. The van der Waals surface area contributed by atoms with Gasteiger partial charge < -0.3 is 4.74 Å². The van der Waals surface area contributed by atoms with Crippen LogP contribution in [0.3, 0.4) is 0 Å². The van der Waals surface area contributed by atoms with Crippen LogP contribution in [0.15, 0.2) is 41.6 Å². The molecule has 1 fully saturated rings. The molecule has 136 valence electrons. The van der Waals surface area contributed by atoms with E-state index in [4.69, 9.17) is 4.74 Å². The highest BCUT2D eigenvalue weighted by atomic mass is 32.2. The number of alkyl halides is 3. The van der Waals surface area contributed by atoms with Crippen molar-refractivity contribution in [3.8, 4) is 5.75 Å². The number of aryl methyl sites for hydroxylation is 1. The van der Waals surface area contributed by atoms with Gasteiger partial charge in [-0.2, -0.15) is 18.3 Å². The molecule has 0 radical (unpaired) electrons. The lowest BCUT2D eigenvalue weighted by Crippen LogP contribution is -2.24. The number of nitrogens with zero attached hydrogens (tertiary/aromatic N) is 3. The molecule has 1 aliphatic heterocycles. The van der Waals surface area contributed by atoms with Gasteiger partial charge in [-0.05, 0) is 12.1 Å². The highest BCUT2D eigenvalue weighted by Gasteiger charge is 2.48. The molecular weight excluding hydrogens is 359 g/mol. The molecule has 1 aromatic heterocycles. The van der Waals surface area contributed by atoms with Crippen LogP contribution in [0.25, 0.3) is 0 Å². The third-order valence-corrected chi connectivity index (χ3v) is 5.37. The van der Waals surface area contributed by atoms with Gasteiger partial charge in [-0.15, -0.1) is 0 Å². The summed E-state index contributed by atoms with van der Waals surface area (Å²) in [5.74, 6) is -0.284. The second kappa shape index (κ2) is 6.34. The van der Waals surface area contributed by atoms with E-state index in [1.807, 2.05) is 13.2 Å². The molecule has 10 heteroatoms. The van der Waals surface area contributed by atoms with Gasteiger partial charge in [-0.1, -0.05) is 12.1 Å². The zero-order valence-corrected chi connectivity index (χ0v) is 14.1. The first kappa shape index (κ1) is 17.7. The Bertz CT molecular complexity index is 864. The minimum atomic E-state index is -5.44. The van der Waals surface area contributed by atoms with Crippen molar-refractivity contribution in [3.05, 3.63) is 42.2 Å². The number of aromatic nitrogens is 2. The van der Waals surface area contributed by atoms with Crippen LogP contribution in [0.2, 0.25) is 0 Å². The highest BCUT2D eigenvalue weighted by molar-refractivity contribution is 7.92. The van der Waals surface area contributed by atoms with Crippen molar-refractivity contribution < 1.29 is 26.3 Å². The van der Waals surface area contributed by atoms with Crippen molar-refractivity contribution in [3.63, 3.8) is 0 Å². The van der Waals surface area contributed by atoms with Crippen LogP contribution in [0.4, 0.5) is 13.2 Å². The Morgan fingerprint density at radius 3 is 2.68 bits per heavy atom. The molecule has 1 aromatic carbocycles. The van der Waals surface area contributed by atoms with E-state index in [0.29, 0.717) is 6.54 Å². The van der Waals surface area contributed by atoms with E-state index in [1.54, 1.807) is 10.9 Å². The van der Waals surface area contributed by atoms with E-state index in [1.165, 1.54) is 18.2 Å². The first-order valence-electron chi connectivity index (χ1n) is 7.43. The lowest BCUT2D eigenvalue weighted by molar-refractivity contribution is -0.0437. The fourth-order valence-corrected chi connectivity index (χ4v) is 3.36. The Kier molecular flexibility index (Phi) is 4.50. The smallest absolute Gasteiger partial charge is 0.491 e. The normalized spacial score (nSPS) is 20.5. The van der Waals surface area contributed by atoms with Crippen LogP contribution < -0.4 is 4.74 Å². The maximum Gasteiger partial charge on any atom is 0.502 e. The summed E-state index contributed by atoms with van der Waals surface area (Å²) in [6.45, 7) is 1.50. The maximum atomic E-state index is 12.8. The van der Waals surface area contributed by atoms with Crippen LogP contribution in [0, 0.1) is 0 Å². The predicted molar refractivity (Wildman–Crippen MR) is 82.6 cm³/mol. The Balaban J connectivity index is 1.64. The molecule has 0 bridgehead atoms. The van der Waals surface area contributed by atoms with Gasteiger partial charge in [0.25, 0.3) is 9.84 Å². The second-order valence-corrected chi connectivity index (χ2v) is 7.72. The summed E-state index contributed by atoms with van der Waals surface area (Å²) in [6.07, 6.45) is 3.61. The van der Waals surface area contributed by atoms with E-state index >= 15 is 0 Å². The van der Waals surface area contributed by atoms with Crippen LogP contribution in [-0.4, -0.2) is 47.8 Å². The summed E-state index contributed by atoms with van der Waals surface area (Å²) in [4.78, 5) is 1.19. The number of rotatable bonds is 6. The summed E-state index contributed by atoms with van der Waals surface area (Å²) in [5, 5.41) is 4.06. The molecule has 2 atom stereocenters. The van der Waals surface area contributed by atoms with Gasteiger partial charge in [0.1, 0.15) is 17.3 Å². The minimum absolute atomic E-state index is 0.0295. The van der Waals surface area contributed by atoms with Gasteiger partial charge in [-0.25, -0.2) is 8.42 Å². The Morgan fingerprint density at radius 1 is 1.32 bits per heavy atom. The van der Waals surface area contributed by atoms with Crippen molar-refractivity contribution in [2.45, 2.75) is 23.0 Å². The lowest BCUT2D eigenvalue weighted by atomic mass is 10.3. The Labute approximate surface area is 142 Å². The van der Waals surface area contributed by atoms with Gasteiger partial charge in [0.2, 0.25) is 0 Å². The number of hydrogen-bond donors (Lipinski definition) is 0. The van der Waals surface area contributed by atoms with Gasteiger partial charge in [-0.3, -0.25) is 9.58 Å². The van der Waals surface area contributed by atoms with Crippen molar-refractivity contribution in [1.82, 2.24) is 14.7 Å². The summed E-state index contributed by atoms with van der Waals surface area (Å²) >= 11 is 0. The molecule has 2 heterocycles. The number of ether oxygens (including phenoxy) is 1. The van der Waals surface area contributed by atoms with Gasteiger partial charge in [0, 0.05) is 31.9 Å². The molecule has 2 aromatic rings. The van der Waals surface area contributed by atoms with E-state index in [9.17, 15) is 21.6 Å². The third-order valence-electron chi connectivity index (χ3n) is 3.85. The molecule has 0 saturated carbocycles. The lowest BCUT2D eigenvalue weighted by Gasteiger charge is -2.13. The van der Waals surface area contributed by atoms with Crippen molar-refractivity contribution in [2.75, 3.05) is 13.2 Å². The summed E-state index contributed by atoms with van der Waals surface area (Å²) in [5.41, 5.74) is -4.34. The zero-order chi connectivity index (χ0) is 18.2. The number of halogens is 3. The molecule has 0 spiro atoms. The molecule has 1 saturated heterocycles. The van der Waals surface area contributed by atoms with Gasteiger partial charge in [0.05, 0.1) is 12.2 Å². The van der Waals surface area contributed by atoms with E-state index in [0.717, 1.165) is 18.2 Å². The zero-order valence-electron chi connectivity index (χ0n) is 13.3. The maximum absolute atomic E-state index is 12.8. The van der Waals surface area contributed by atoms with Crippen LogP contribution in [0.1, 0.15) is 5.56 Å². The number of hydrogen-bond acceptors (Lipinski definition) is 5. The SMILES string of the molecule is Cn1cc(CN2CC2COc2ccccc2S(=O)(=O)C(F)(F)F)cn1. The van der Waals surface area contributed by atoms with E-state index < -0.39 is 20.2 Å². The summed E-state index contributed by atoms with van der Waals surface area (Å²) < 4.78 is 68.6. The van der Waals surface area contributed by atoms with Crippen molar-refractivity contribution in [1.29, 1.82) is 0 Å². The number of para-hydroxylation sites is 1. The summed E-state index contributed by atoms with van der Waals surface area (Å²) in [7, 11) is -3.63. The summed E-state index contributed by atoms with van der Waals surface area (Å²) in [6, 6.07) is 4.83. The molecule has 0 N–H and O–H groups in total. The monoisotopic (exact) mass is 375 g/mol.